The molecule has 1 fully saturated rings. The first-order valence-electron chi connectivity index (χ1n) is 8.52. The van der Waals surface area contributed by atoms with E-state index in [1.54, 1.807) is 0 Å². The van der Waals surface area contributed by atoms with E-state index in [0.717, 1.165) is 49.8 Å². The molecule has 1 aliphatic rings. The Morgan fingerprint density at radius 2 is 2.17 bits per heavy atom. The van der Waals surface area contributed by atoms with Crippen molar-refractivity contribution in [3.63, 3.8) is 0 Å². The topological polar surface area (TPSA) is 54.3 Å². The van der Waals surface area contributed by atoms with Gasteiger partial charge in [-0.05, 0) is 64.3 Å². The molecule has 3 rings (SSSR count). The van der Waals surface area contributed by atoms with E-state index in [9.17, 15) is 0 Å². The summed E-state index contributed by atoms with van der Waals surface area (Å²) in [5, 5.41) is 7.31. The number of likely N-dealkylation sites (N-methyl/N-ethyl adjacent to an activating group) is 1. The first-order valence-corrected chi connectivity index (χ1v) is 8.52. The smallest absolute Gasteiger partial charge is 0.133 e. The number of aromatic nitrogens is 2. The van der Waals surface area contributed by atoms with Crippen LogP contribution >= 0.6 is 0 Å². The number of nitrogens with zero attached hydrogens (tertiary/aromatic N) is 2. The highest BCUT2D eigenvalue weighted by Crippen LogP contribution is 2.29. The Bertz CT molecular complexity index is 607. The predicted octanol–water partition coefficient (Wildman–Crippen LogP) is 3.54. The fraction of sp³-hybridized carbons (Fsp3) is 0.611. The van der Waals surface area contributed by atoms with Crippen molar-refractivity contribution in [1.29, 1.82) is 0 Å². The molecular formula is C18H27N3O2. The van der Waals surface area contributed by atoms with Gasteiger partial charge in [-0.15, -0.1) is 0 Å². The summed E-state index contributed by atoms with van der Waals surface area (Å²) in [6.45, 7) is 6.80. The molecule has 5 heteroatoms. The van der Waals surface area contributed by atoms with Crippen molar-refractivity contribution in [3.8, 4) is 0 Å². The van der Waals surface area contributed by atoms with Gasteiger partial charge in [0.1, 0.15) is 17.6 Å². The van der Waals surface area contributed by atoms with Crippen LogP contribution in [0.25, 0.3) is 0 Å². The Hall–Kier alpha value is -1.59. The number of furan rings is 1. The Morgan fingerprint density at radius 1 is 1.30 bits per heavy atom. The SMILES string of the molecule is Cc1n[nH]c(C)c1CCN(C)Cc1ccc(C2CCCCO2)o1. The molecule has 1 aliphatic heterocycles. The van der Waals surface area contributed by atoms with Crippen LogP contribution in [-0.2, 0) is 17.7 Å². The van der Waals surface area contributed by atoms with Crippen molar-refractivity contribution >= 4 is 0 Å². The molecule has 5 nitrogen and oxygen atoms in total. The Kier molecular flexibility index (Phi) is 5.18. The van der Waals surface area contributed by atoms with E-state index >= 15 is 0 Å². The number of H-pyrrole nitrogens is 1. The van der Waals surface area contributed by atoms with Crippen molar-refractivity contribution in [3.05, 3.63) is 40.6 Å². The highest BCUT2D eigenvalue weighted by molar-refractivity contribution is 5.23. The maximum atomic E-state index is 5.99. The third kappa shape index (κ3) is 4.03. The lowest BCUT2D eigenvalue weighted by Gasteiger charge is -2.20. The van der Waals surface area contributed by atoms with Gasteiger partial charge < -0.3 is 9.15 Å². The van der Waals surface area contributed by atoms with Gasteiger partial charge in [-0.3, -0.25) is 10.00 Å². The van der Waals surface area contributed by atoms with Crippen LogP contribution in [0.15, 0.2) is 16.5 Å². The molecular weight excluding hydrogens is 290 g/mol. The van der Waals surface area contributed by atoms with Crippen molar-refractivity contribution < 1.29 is 9.15 Å². The molecule has 1 N–H and O–H groups in total. The Morgan fingerprint density at radius 3 is 2.87 bits per heavy atom. The van der Waals surface area contributed by atoms with Gasteiger partial charge in [-0.1, -0.05) is 0 Å². The van der Waals surface area contributed by atoms with Crippen LogP contribution in [0.3, 0.4) is 0 Å². The molecule has 1 saturated heterocycles. The molecule has 23 heavy (non-hydrogen) atoms. The molecule has 126 valence electrons. The second kappa shape index (κ2) is 7.32. The third-order valence-electron chi connectivity index (χ3n) is 4.63. The fourth-order valence-corrected chi connectivity index (χ4v) is 3.21. The molecule has 2 aromatic rings. The van der Waals surface area contributed by atoms with Crippen LogP contribution < -0.4 is 0 Å². The predicted molar refractivity (Wildman–Crippen MR) is 89.4 cm³/mol. The van der Waals surface area contributed by atoms with Crippen LogP contribution in [-0.4, -0.2) is 35.3 Å². The van der Waals surface area contributed by atoms with Crippen LogP contribution in [0.2, 0.25) is 0 Å². The van der Waals surface area contributed by atoms with Gasteiger partial charge in [0, 0.05) is 18.8 Å². The van der Waals surface area contributed by atoms with Gasteiger partial charge in [0.25, 0.3) is 0 Å². The molecule has 1 unspecified atom stereocenters. The molecule has 3 heterocycles. The zero-order chi connectivity index (χ0) is 16.2. The minimum atomic E-state index is 0.152. The zero-order valence-electron chi connectivity index (χ0n) is 14.4. The first-order chi connectivity index (χ1) is 11.1. The molecule has 0 saturated carbocycles. The molecule has 2 aromatic heterocycles. The molecule has 0 aromatic carbocycles. The number of aromatic amines is 1. The number of aryl methyl sites for hydroxylation is 2. The molecule has 0 bridgehead atoms. The van der Waals surface area contributed by atoms with Gasteiger partial charge in [0.05, 0.1) is 12.2 Å². The monoisotopic (exact) mass is 317 g/mol. The number of nitrogens with one attached hydrogen (secondary N) is 1. The quantitative estimate of drug-likeness (QED) is 0.885. The zero-order valence-corrected chi connectivity index (χ0v) is 14.4. The number of ether oxygens (including phenoxy) is 1. The van der Waals surface area contributed by atoms with Crippen LogP contribution in [0.5, 0.6) is 0 Å². The highest BCUT2D eigenvalue weighted by atomic mass is 16.5. The average molecular weight is 317 g/mol. The average Bonchev–Trinajstić information content (AvgIpc) is 3.14. The maximum absolute atomic E-state index is 5.99. The normalized spacial score (nSPS) is 18.7. The summed E-state index contributed by atoms with van der Waals surface area (Å²) in [7, 11) is 2.13. The van der Waals surface area contributed by atoms with E-state index in [4.69, 9.17) is 9.15 Å². The van der Waals surface area contributed by atoms with E-state index in [1.807, 2.05) is 0 Å². The third-order valence-corrected chi connectivity index (χ3v) is 4.63. The van der Waals surface area contributed by atoms with E-state index in [1.165, 1.54) is 24.1 Å². The largest absolute Gasteiger partial charge is 0.462 e. The number of rotatable bonds is 6. The summed E-state index contributed by atoms with van der Waals surface area (Å²) in [6.07, 6.45) is 4.62. The summed E-state index contributed by atoms with van der Waals surface area (Å²) in [5.41, 5.74) is 3.60. The lowest BCUT2D eigenvalue weighted by molar-refractivity contribution is 0.000933. The van der Waals surface area contributed by atoms with Crippen molar-refractivity contribution in [1.82, 2.24) is 15.1 Å². The molecule has 0 aliphatic carbocycles. The number of hydrogen-bond donors (Lipinski definition) is 1. The molecule has 0 amide bonds. The number of hydrogen-bond acceptors (Lipinski definition) is 4. The van der Waals surface area contributed by atoms with Crippen LogP contribution in [0.1, 0.15) is 53.8 Å². The maximum Gasteiger partial charge on any atom is 0.133 e. The summed E-state index contributed by atoms with van der Waals surface area (Å²) in [5.74, 6) is 1.99. The minimum absolute atomic E-state index is 0.152. The van der Waals surface area contributed by atoms with Gasteiger partial charge in [-0.2, -0.15) is 5.10 Å². The second-order valence-corrected chi connectivity index (χ2v) is 6.56. The molecule has 0 spiro atoms. The Labute approximate surface area is 138 Å². The summed E-state index contributed by atoms with van der Waals surface area (Å²) in [4.78, 5) is 2.29. The van der Waals surface area contributed by atoms with Crippen LogP contribution in [0.4, 0.5) is 0 Å². The van der Waals surface area contributed by atoms with Gasteiger partial charge in [0.2, 0.25) is 0 Å². The van der Waals surface area contributed by atoms with Gasteiger partial charge in [0.15, 0.2) is 0 Å². The summed E-state index contributed by atoms with van der Waals surface area (Å²) >= 11 is 0. The van der Waals surface area contributed by atoms with Crippen LogP contribution in [0, 0.1) is 13.8 Å². The van der Waals surface area contributed by atoms with Gasteiger partial charge >= 0.3 is 0 Å². The summed E-state index contributed by atoms with van der Waals surface area (Å²) < 4.78 is 11.8. The summed E-state index contributed by atoms with van der Waals surface area (Å²) in [6, 6.07) is 4.15. The standard InChI is InChI=1S/C18H27N3O2/c1-13-16(14(2)20-19-13)9-10-21(3)12-15-7-8-18(23-15)17-6-4-5-11-22-17/h7-8,17H,4-6,9-12H2,1-3H3,(H,19,20). The van der Waals surface area contributed by atoms with Crippen molar-refractivity contribution in [2.45, 2.75) is 52.2 Å². The Balaban J connectivity index is 1.51. The molecule has 0 radical (unpaired) electrons. The lowest BCUT2D eigenvalue weighted by Crippen LogP contribution is -2.20. The van der Waals surface area contributed by atoms with E-state index < -0.39 is 0 Å². The lowest BCUT2D eigenvalue weighted by atomic mass is 10.1. The van der Waals surface area contributed by atoms with E-state index in [0.29, 0.717) is 0 Å². The van der Waals surface area contributed by atoms with Gasteiger partial charge in [-0.25, -0.2) is 0 Å². The minimum Gasteiger partial charge on any atom is -0.462 e. The van der Waals surface area contributed by atoms with Crippen molar-refractivity contribution in [2.75, 3.05) is 20.2 Å². The highest BCUT2D eigenvalue weighted by Gasteiger charge is 2.19. The van der Waals surface area contributed by atoms with Crippen molar-refractivity contribution in [2.24, 2.45) is 0 Å². The van der Waals surface area contributed by atoms with E-state index in [2.05, 4.69) is 48.1 Å². The molecule has 1 atom stereocenters. The fourth-order valence-electron chi connectivity index (χ4n) is 3.21. The van der Waals surface area contributed by atoms with E-state index in [-0.39, 0.29) is 6.10 Å². The second-order valence-electron chi connectivity index (χ2n) is 6.56. The first kappa shape index (κ1) is 16.3.